The molecule has 0 bridgehead atoms. The number of carbonyl (C=O) groups is 1. The average molecular weight is 331 g/mol. The number of H-pyrrole nitrogens is 1. The van der Waals surface area contributed by atoms with Gasteiger partial charge < -0.3 is 14.2 Å². The number of aryl methyl sites for hydroxylation is 1. The van der Waals surface area contributed by atoms with Crippen LogP contribution in [0.25, 0.3) is 0 Å². The van der Waals surface area contributed by atoms with Crippen molar-refractivity contribution in [3.63, 3.8) is 0 Å². The fourth-order valence-corrected chi connectivity index (χ4v) is 2.56. The molecule has 9 nitrogen and oxygen atoms in total. The molecule has 0 aliphatic carbocycles. The molecule has 0 spiro atoms. The van der Waals surface area contributed by atoms with Crippen molar-refractivity contribution in [2.75, 3.05) is 13.1 Å². The molecule has 2 aromatic heterocycles. The van der Waals surface area contributed by atoms with E-state index in [4.69, 9.17) is 4.74 Å². The van der Waals surface area contributed by atoms with Crippen molar-refractivity contribution in [2.24, 2.45) is 0 Å². The molecule has 1 fully saturated rings. The number of aromatic nitrogens is 4. The van der Waals surface area contributed by atoms with Gasteiger partial charge in [0.2, 0.25) is 11.8 Å². The summed E-state index contributed by atoms with van der Waals surface area (Å²) < 4.78 is 7.00. The van der Waals surface area contributed by atoms with Crippen molar-refractivity contribution in [1.82, 2.24) is 24.4 Å². The summed E-state index contributed by atoms with van der Waals surface area (Å²) in [5.74, 6) is 0.384. The van der Waals surface area contributed by atoms with Crippen LogP contribution in [0.1, 0.15) is 12.8 Å². The lowest BCUT2D eigenvalue weighted by Gasteiger charge is -2.17. The van der Waals surface area contributed by atoms with Gasteiger partial charge >= 0.3 is 5.69 Å². The zero-order chi connectivity index (χ0) is 16.9. The second kappa shape index (κ2) is 7.07. The van der Waals surface area contributed by atoms with Crippen LogP contribution in [0, 0.1) is 0 Å². The van der Waals surface area contributed by atoms with E-state index in [0.717, 1.165) is 6.42 Å². The Hall–Kier alpha value is -2.97. The third-order valence-corrected chi connectivity index (χ3v) is 3.79. The molecule has 0 unspecified atom stereocenters. The lowest BCUT2D eigenvalue weighted by Crippen LogP contribution is -2.34. The Morgan fingerprint density at radius 3 is 3.00 bits per heavy atom. The standard InChI is InChI=1S/C15H17N5O4/c21-12-2-7-19(15(23)18-12)8-3-14(22)20-6-1-11(10-20)24-13-9-16-4-5-17-13/h2,4-5,7,9,11H,1,3,6,8,10H2,(H,18,21,23)/t11-/m0/s1. The lowest BCUT2D eigenvalue weighted by molar-refractivity contribution is -0.130. The van der Waals surface area contributed by atoms with Gasteiger partial charge in [-0.2, -0.15) is 0 Å². The number of ether oxygens (including phenoxy) is 1. The fraction of sp³-hybridized carbons (Fsp3) is 0.400. The van der Waals surface area contributed by atoms with Crippen LogP contribution in [0.2, 0.25) is 0 Å². The van der Waals surface area contributed by atoms with E-state index in [1.807, 2.05) is 0 Å². The maximum Gasteiger partial charge on any atom is 0.328 e. The number of nitrogens with one attached hydrogen (secondary N) is 1. The number of nitrogens with zero attached hydrogens (tertiary/aromatic N) is 4. The number of likely N-dealkylation sites (tertiary alicyclic amines) is 1. The molecule has 1 N–H and O–H groups in total. The molecular formula is C15H17N5O4. The zero-order valence-electron chi connectivity index (χ0n) is 12.9. The maximum absolute atomic E-state index is 12.2. The van der Waals surface area contributed by atoms with Crippen molar-refractivity contribution in [1.29, 1.82) is 0 Å². The van der Waals surface area contributed by atoms with Gasteiger partial charge in [-0.3, -0.25) is 19.6 Å². The molecule has 2 aromatic rings. The summed E-state index contributed by atoms with van der Waals surface area (Å²) in [5, 5.41) is 0. The van der Waals surface area contributed by atoms with E-state index in [-0.39, 0.29) is 25.0 Å². The quantitative estimate of drug-likeness (QED) is 0.783. The van der Waals surface area contributed by atoms with Crippen molar-refractivity contribution in [3.05, 3.63) is 51.7 Å². The molecule has 1 amide bonds. The minimum Gasteiger partial charge on any atom is -0.471 e. The molecule has 3 heterocycles. The van der Waals surface area contributed by atoms with Crippen LogP contribution in [0.15, 0.2) is 40.4 Å². The SMILES string of the molecule is O=C(CCn1ccc(=O)[nH]c1=O)N1CC[C@H](Oc2cnccn2)C1. The molecule has 1 atom stereocenters. The minimum absolute atomic E-state index is 0.0571. The Labute approximate surface area is 136 Å². The van der Waals surface area contributed by atoms with Crippen LogP contribution in [-0.2, 0) is 11.3 Å². The third-order valence-electron chi connectivity index (χ3n) is 3.79. The molecule has 1 saturated heterocycles. The van der Waals surface area contributed by atoms with Gasteiger partial charge in [-0.1, -0.05) is 0 Å². The van der Waals surface area contributed by atoms with Crippen molar-refractivity contribution >= 4 is 5.91 Å². The highest BCUT2D eigenvalue weighted by Crippen LogP contribution is 2.16. The van der Waals surface area contributed by atoms with E-state index >= 15 is 0 Å². The fourth-order valence-electron chi connectivity index (χ4n) is 2.56. The number of aromatic amines is 1. The summed E-state index contributed by atoms with van der Waals surface area (Å²) in [6.07, 6.45) is 6.84. The highest BCUT2D eigenvalue weighted by molar-refractivity contribution is 5.76. The molecule has 126 valence electrons. The second-order valence-corrected chi connectivity index (χ2v) is 5.47. The van der Waals surface area contributed by atoms with Crippen LogP contribution in [0.3, 0.4) is 0 Å². The summed E-state index contributed by atoms with van der Waals surface area (Å²) >= 11 is 0. The van der Waals surface area contributed by atoms with Gasteiger partial charge in [-0.15, -0.1) is 0 Å². The van der Waals surface area contributed by atoms with Crippen LogP contribution in [0.5, 0.6) is 5.88 Å². The highest BCUT2D eigenvalue weighted by Gasteiger charge is 2.27. The predicted molar refractivity (Wildman–Crippen MR) is 83.6 cm³/mol. The molecule has 0 radical (unpaired) electrons. The van der Waals surface area contributed by atoms with Crippen LogP contribution in [0.4, 0.5) is 0 Å². The Bertz CT molecular complexity index is 816. The van der Waals surface area contributed by atoms with E-state index in [0.29, 0.717) is 19.0 Å². The second-order valence-electron chi connectivity index (χ2n) is 5.47. The third kappa shape index (κ3) is 3.86. The van der Waals surface area contributed by atoms with E-state index in [2.05, 4.69) is 15.0 Å². The molecule has 1 aliphatic heterocycles. The van der Waals surface area contributed by atoms with Crippen molar-refractivity contribution < 1.29 is 9.53 Å². The van der Waals surface area contributed by atoms with Gasteiger partial charge in [0, 0.05) is 50.6 Å². The monoisotopic (exact) mass is 331 g/mol. The number of hydrogen-bond acceptors (Lipinski definition) is 6. The average Bonchev–Trinajstić information content (AvgIpc) is 3.03. The summed E-state index contributed by atoms with van der Waals surface area (Å²) in [7, 11) is 0. The number of rotatable bonds is 5. The predicted octanol–water partition coefficient (Wildman–Crippen LogP) is -0.603. The number of carbonyl (C=O) groups excluding carboxylic acids is 1. The molecule has 0 aromatic carbocycles. The summed E-state index contributed by atoms with van der Waals surface area (Å²) in [4.78, 5) is 46.7. The first-order chi connectivity index (χ1) is 11.6. The van der Waals surface area contributed by atoms with Crippen molar-refractivity contribution in [3.8, 4) is 5.88 Å². The van der Waals surface area contributed by atoms with Crippen molar-refractivity contribution in [2.45, 2.75) is 25.5 Å². The summed E-state index contributed by atoms with van der Waals surface area (Å²) in [5.41, 5.74) is -0.966. The Morgan fingerprint density at radius 1 is 1.38 bits per heavy atom. The van der Waals surface area contributed by atoms with Gasteiger partial charge in [-0.25, -0.2) is 9.78 Å². The molecule has 24 heavy (non-hydrogen) atoms. The highest BCUT2D eigenvalue weighted by atomic mass is 16.5. The van der Waals surface area contributed by atoms with Gasteiger partial charge in [0.05, 0.1) is 12.7 Å². The van der Waals surface area contributed by atoms with Gasteiger partial charge in [0.25, 0.3) is 5.56 Å². The summed E-state index contributed by atoms with van der Waals surface area (Å²) in [6, 6.07) is 1.26. The smallest absolute Gasteiger partial charge is 0.328 e. The normalized spacial score (nSPS) is 17.0. The van der Waals surface area contributed by atoms with Gasteiger partial charge in [0.1, 0.15) is 6.10 Å². The molecule has 9 heteroatoms. The first kappa shape index (κ1) is 15.9. The molecule has 0 saturated carbocycles. The topological polar surface area (TPSA) is 110 Å². The lowest BCUT2D eigenvalue weighted by atomic mass is 10.3. The Balaban J connectivity index is 1.51. The molecule has 3 rings (SSSR count). The number of amides is 1. The maximum atomic E-state index is 12.2. The van der Waals surface area contributed by atoms with E-state index < -0.39 is 11.2 Å². The summed E-state index contributed by atoms with van der Waals surface area (Å²) in [6.45, 7) is 1.31. The van der Waals surface area contributed by atoms with Gasteiger partial charge in [-0.05, 0) is 0 Å². The Kier molecular flexibility index (Phi) is 4.69. The van der Waals surface area contributed by atoms with Crippen LogP contribution in [-0.4, -0.2) is 49.5 Å². The number of hydrogen-bond donors (Lipinski definition) is 1. The van der Waals surface area contributed by atoms with Gasteiger partial charge in [0.15, 0.2) is 0 Å². The Morgan fingerprint density at radius 2 is 2.25 bits per heavy atom. The first-order valence-electron chi connectivity index (χ1n) is 7.62. The largest absolute Gasteiger partial charge is 0.471 e. The zero-order valence-corrected chi connectivity index (χ0v) is 12.9. The van der Waals surface area contributed by atoms with E-state index in [1.54, 1.807) is 17.3 Å². The van der Waals surface area contributed by atoms with E-state index in [9.17, 15) is 14.4 Å². The minimum atomic E-state index is -0.513. The molecule has 1 aliphatic rings. The van der Waals surface area contributed by atoms with Crippen LogP contribution >= 0.6 is 0 Å². The first-order valence-corrected chi connectivity index (χ1v) is 7.62. The molecular weight excluding hydrogens is 314 g/mol. The van der Waals surface area contributed by atoms with Crippen LogP contribution < -0.4 is 16.0 Å². The van der Waals surface area contributed by atoms with E-state index in [1.165, 1.54) is 23.0 Å².